The van der Waals surface area contributed by atoms with Crippen LogP contribution in [0, 0.1) is 11.8 Å². The summed E-state index contributed by atoms with van der Waals surface area (Å²) in [5, 5.41) is 0. The van der Waals surface area contributed by atoms with Crippen LogP contribution in [0.5, 0.6) is 0 Å². The summed E-state index contributed by atoms with van der Waals surface area (Å²) in [6.07, 6.45) is 6.73. The van der Waals surface area contributed by atoms with Crippen LogP contribution in [-0.2, 0) is 0 Å². The molecule has 1 aromatic carbocycles. The Morgan fingerprint density at radius 2 is 1.83 bits per heavy atom. The standard InChI is InChI=1S/C16H24N2/c1-13-7-9-14(10-8-13)11-12-18-16(17)15-5-3-2-4-6-15/h2-6,13-14H,7-12H2,1H3,(H2,17,18). The van der Waals surface area contributed by atoms with Gasteiger partial charge in [0, 0.05) is 12.1 Å². The fourth-order valence-corrected chi connectivity index (χ4v) is 2.69. The zero-order valence-corrected chi connectivity index (χ0v) is 11.3. The molecule has 1 aliphatic rings. The van der Waals surface area contributed by atoms with E-state index in [1.165, 1.54) is 32.1 Å². The highest BCUT2D eigenvalue weighted by Crippen LogP contribution is 2.30. The lowest BCUT2D eigenvalue weighted by atomic mass is 9.81. The first kappa shape index (κ1) is 13.1. The lowest BCUT2D eigenvalue weighted by Gasteiger charge is -2.25. The monoisotopic (exact) mass is 244 g/mol. The van der Waals surface area contributed by atoms with Gasteiger partial charge in [-0.15, -0.1) is 0 Å². The van der Waals surface area contributed by atoms with E-state index in [0.717, 1.165) is 23.9 Å². The number of rotatable bonds is 4. The molecule has 0 bridgehead atoms. The Kier molecular flexibility index (Phi) is 4.80. The number of aliphatic imine (C=N–C) groups is 1. The van der Waals surface area contributed by atoms with E-state index in [1.807, 2.05) is 30.3 Å². The average molecular weight is 244 g/mol. The van der Waals surface area contributed by atoms with Crippen molar-refractivity contribution in [3.05, 3.63) is 35.9 Å². The van der Waals surface area contributed by atoms with Crippen LogP contribution in [0.4, 0.5) is 0 Å². The maximum absolute atomic E-state index is 5.98. The van der Waals surface area contributed by atoms with Gasteiger partial charge >= 0.3 is 0 Å². The number of benzene rings is 1. The van der Waals surface area contributed by atoms with Crippen molar-refractivity contribution >= 4 is 5.84 Å². The molecule has 0 radical (unpaired) electrons. The van der Waals surface area contributed by atoms with Crippen molar-refractivity contribution in [1.82, 2.24) is 0 Å². The molecule has 1 saturated carbocycles. The Balaban J connectivity index is 1.77. The summed E-state index contributed by atoms with van der Waals surface area (Å²) in [6.45, 7) is 3.24. The van der Waals surface area contributed by atoms with Gasteiger partial charge in [0.25, 0.3) is 0 Å². The summed E-state index contributed by atoms with van der Waals surface area (Å²) in [7, 11) is 0. The van der Waals surface area contributed by atoms with E-state index < -0.39 is 0 Å². The number of hydrogen-bond donors (Lipinski definition) is 1. The van der Waals surface area contributed by atoms with Crippen LogP contribution in [0.1, 0.15) is 44.6 Å². The molecule has 18 heavy (non-hydrogen) atoms. The number of amidine groups is 1. The molecule has 0 saturated heterocycles. The molecule has 1 aromatic rings. The van der Waals surface area contributed by atoms with Crippen LogP contribution in [-0.4, -0.2) is 12.4 Å². The summed E-state index contributed by atoms with van der Waals surface area (Å²) in [5.41, 5.74) is 7.02. The predicted octanol–water partition coefficient (Wildman–Crippen LogP) is 3.61. The number of nitrogens with zero attached hydrogens (tertiary/aromatic N) is 1. The Hall–Kier alpha value is -1.31. The molecule has 2 nitrogen and oxygen atoms in total. The van der Waals surface area contributed by atoms with Gasteiger partial charge in [0.1, 0.15) is 5.84 Å². The van der Waals surface area contributed by atoms with Gasteiger partial charge in [0.2, 0.25) is 0 Å². The van der Waals surface area contributed by atoms with Crippen molar-refractivity contribution < 1.29 is 0 Å². The topological polar surface area (TPSA) is 38.4 Å². The molecule has 2 heteroatoms. The van der Waals surface area contributed by atoms with E-state index in [2.05, 4.69) is 11.9 Å². The second-order valence-electron chi connectivity index (χ2n) is 5.55. The first-order valence-corrected chi connectivity index (χ1v) is 7.11. The Morgan fingerprint density at radius 3 is 2.50 bits per heavy atom. The van der Waals surface area contributed by atoms with Crippen LogP contribution in [0.3, 0.4) is 0 Å². The first-order valence-electron chi connectivity index (χ1n) is 7.11. The average Bonchev–Trinajstić information content (AvgIpc) is 2.42. The van der Waals surface area contributed by atoms with Crippen molar-refractivity contribution in [1.29, 1.82) is 0 Å². The highest BCUT2D eigenvalue weighted by atomic mass is 14.8. The molecular formula is C16H24N2. The Bertz CT molecular complexity index is 375. The van der Waals surface area contributed by atoms with Gasteiger partial charge in [-0.05, 0) is 18.3 Å². The van der Waals surface area contributed by atoms with Gasteiger partial charge in [-0.25, -0.2) is 0 Å². The van der Waals surface area contributed by atoms with Crippen LogP contribution in [0.2, 0.25) is 0 Å². The van der Waals surface area contributed by atoms with Crippen molar-refractivity contribution in [3.8, 4) is 0 Å². The van der Waals surface area contributed by atoms with Gasteiger partial charge < -0.3 is 5.73 Å². The second-order valence-corrected chi connectivity index (χ2v) is 5.55. The van der Waals surface area contributed by atoms with Crippen molar-refractivity contribution in [2.75, 3.05) is 6.54 Å². The second kappa shape index (κ2) is 6.58. The van der Waals surface area contributed by atoms with Crippen molar-refractivity contribution in [2.24, 2.45) is 22.6 Å². The third-order valence-corrected chi connectivity index (χ3v) is 4.02. The lowest BCUT2D eigenvalue weighted by molar-refractivity contribution is 0.280. The van der Waals surface area contributed by atoms with Crippen LogP contribution >= 0.6 is 0 Å². The molecule has 0 aliphatic heterocycles. The highest BCUT2D eigenvalue weighted by Gasteiger charge is 2.17. The SMILES string of the molecule is CC1CCC(CCN=C(N)c2ccccc2)CC1. The maximum Gasteiger partial charge on any atom is 0.125 e. The smallest absolute Gasteiger partial charge is 0.125 e. The third-order valence-electron chi connectivity index (χ3n) is 4.02. The molecule has 0 aromatic heterocycles. The molecule has 98 valence electrons. The molecule has 0 amide bonds. The molecule has 0 unspecified atom stereocenters. The molecule has 2 N–H and O–H groups in total. The van der Waals surface area contributed by atoms with Gasteiger partial charge in [0.15, 0.2) is 0 Å². The first-order chi connectivity index (χ1) is 8.75. The van der Waals surface area contributed by atoms with Gasteiger partial charge in [-0.3, -0.25) is 4.99 Å². The summed E-state index contributed by atoms with van der Waals surface area (Å²) in [4.78, 5) is 4.50. The summed E-state index contributed by atoms with van der Waals surface area (Å²) >= 11 is 0. The summed E-state index contributed by atoms with van der Waals surface area (Å²) < 4.78 is 0. The number of nitrogens with two attached hydrogens (primary N) is 1. The molecular weight excluding hydrogens is 220 g/mol. The molecule has 0 heterocycles. The van der Waals surface area contributed by atoms with E-state index in [9.17, 15) is 0 Å². The highest BCUT2D eigenvalue weighted by molar-refractivity contribution is 5.97. The molecule has 2 rings (SSSR count). The molecule has 0 spiro atoms. The van der Waals surface area contributed by atoms with Gasteiger partial charge in [0.05, 0.1) is 0 Å². The fourth-order valence-electron chi connectivity index (χ4n) is 2.69. The molecule has 1 aliphatic carbocycles. The van der Waals surface area contributed by atoms with E-state index >= 15 is 0 Å². The Labute approximate surface area is 110 Å². The minimum atomic E-state index is 0.680. The predicted molar refractivity (Wildman–Crippen MR) is 77.8 cm³/mol. The molecule has 1 fully saturated rings. The summed E-state index contributed by atoms with van der Waals surface area (Å²) in [5.74, 6) is 2.48. The van der Waals surface area contributed by atoms with E-state index in [4.69, 9.17) is 5.73 Å². The van der Waals surface area contributed by atoms with E-state index in [1.54, 1.807) is 0 Å². The normalized spacial score (nSPS) is 25.1. The van der Waals surface area contributed by atoms with Crippen LogP contribution < -0.4 is 5.73 Å². The minimum Gasteiger partial charge on any atom is -0.384 e. The summed E-state index contributed by atoms with van der Waals surface area (Å²) in [6, 6.07) is 10.0. The third kappa shape index (κ3) is 3.86. The molecule has 0 atom stereocenters. The van der Waals surface area contributed by atoms with Crippen LogP contribution in [0.15, 0.2) is 35.3 Å². The van der Waals surface area contributed by atoms with Crippen molar-refractivity contribution in [2.45, 2.75) is 39.0 Å². The van der Waals surface area contributed by atoms with Crippen molar-refractivity contribution in [3.63, 3.8) is 0 Å². The maximum atomic E-state index is 5.98. The zero-order valence-electron chi connectivity index (χ0n) is 11.3. The Morgan fingerprint density at radius 1 is 1.17 bits per heavy atom. The van der Waals surface area contributed by atoms with Crippen LogP contribution in [0.25, 0.3) is 0 Å². The fraction of sp³-hybridized carbons (Fsp3) is 0.562. The van der Waals surface area contributed by atoms with E-state index in [-0.39, 0.29) is 0 Å². The van der Waals surface area contributed by atoms with Gasteiger partial charge in [-0.1, -0.05) is 62.9 Å². The van der Waals surface area contributed by atoms with Gasteiger partial charge in [-0.2, -0.15) is 0 Å². The minimum absolute atomic E-state index is 0.680. The quantitative estimate of drug-likeness (QED) is 0.637. The van der Waals surface area contributed by atoms with E-state index in [0.29, 0.717) is 5.84 Å². The zero-order chi connectivity index (χ0) is 12.8. The largest absolute Gasteiger partial charge is 0.384 e. The number of hydrogen-bond acceptors (Lipinski definition) is 1. The lowest BCUT2D eigenvalue weighted by Crippen LogP contribution is -2.16.